The third-order valence-electron chi connectivity index (χ3n) is 12.8. The third kappa shape index (κ3) is 5.95. The molecule has 0 bridgehead atoms. The van der Waals surface area contributed by atoms with E-state index in [2.05, 4.69) is 162 Å². The lowest BCUT2D eigenvalue weighted by Crippen LogP contribution is -2.28. The molecule has 0 N–H and O–H groups in total. The van der Waals surface area contributed by atoms with Crippen LogP contribution in [0.1, 0.15) is 29.1 Å². The van der Waals surface area contributed by atoms with Crippen LogP contribution in [0.15, 0.2) is 255 Å². The van der Waals surface area contributed by atoms with E-state index in [4.69, 9.17) is 6.85 Å². The molecule has 2 nitrogen and oxygen atoms in total. The van der Waals surface area contributed by atoms with Crippen LogP contribution in [0.4, 0.5) is 17.1 Å². The van der Waals surface area contributed by atoms with Crippen LogP contribution in [-0.2, 0) is 5.41 Å². The van der Waals surface area contributed by atoms with E-state index in [0.717, 1.165) is 49.7 Å². The van der Waals surface area contributed by atoms with Gasteiger partial charge in [-0.1, -0.05) is 188 Å². The van der Waals surface area contributed by atoms with Gasteiger partial charge in [-0.25, -0.2) is 0 Å². The molecule has 12 rings (SSSR count). The Balaban J connectivity index is 1.04. The zero-order chi connectivity index (χ0) is 46.1. The first-order chi connectivity index (χ1) is 33.3. The molecule has 1 heterocycles. The molecule has 11 aromatic rings. The first-order valence-electron chi connectivity index (χ1n) is 23.8. The highest BCUT2D eigenvalue weighted by atomic mass is 15.1. The van der Waals surface area contributed by atoms with Crippen LogP contribution >= 0.6 is 0 Å². The van der Waals surface area contributed by atoms with Crippen molar-refractivity contribution in [1.29, 1.82) is 0 Å². The van der Waals surface area contributed by atoms with Gasteiger partial charge >= 0.3 is 0 Å². The van der Waals surface area contributed by atoms with Gasteiger partial charge in [0, 0.05) is 33.5 Å². The van der Waals surface area contributed by atoms with E-state index in [9.17, 15) is 0 Å². The molecule has 0 amide bonds. The highest BCUT2D eigenvalue weighted by Gasteiger charge is 2.45. The van der Waals surface area contributed by atoms with E-state index in [1.54, 1.807) is 4.90 Å². The summed E-state index contributed by atoms with van der Waals surface area (Å²) in [6.45, 7) is 0. The lowest BCUT2D eigenvalue weighted by molar-refractivity contribution is 0.768. The number of anilines is 3. The third-order valence-corrected chi connectivity index (χ3v) is 12.8. The molecule has 10 aromatic carbocycles. The standard InChI is InChI=1S/C61H42N2/c1-5-17-43(18-6-1)44-31-36-51(37-32-44)62(49-21-9-3-10-22-49)52-38-40-60-56(42-52)55-41-46(33-39-59(55)63(60)50-23-11-4-12-24-50)45-29-34-48(35-30-45)61(47-19-7-2-8-20-47)57-27-15-13-25-53(57)54-26-14-16-28-58(54)61/h1-42H/i3D,9D,10D,21D,22D. The molecule has 1 aromatic heterocycles. The minimum atomic E-state index is -0.496. The quantitative estimate of drug-likeness (QED) is 0.148. The smallest absolute Gasteiger partial charge is 0.0713 e. The summed E-state index contributed by atoms with van der Waals surface area (Å²) < 4.78 is 46.4. The highest BCUT2D eigenvalue weighted by molar-refractivity contribution is 6.12. The molecular formula is C61H42N2. The molecule has 1 aliphatic rings. The second kappa shape index (κ2) is 15.1. The van der Waals surface area contributed by atoms with Gasteiger partial charge in [-0.2, -0.15) is 0 Å². The lowest BCUT2D eigenvalue weighted by Gasteiger charge is -2.34. The molecular weight excluding hydrogens is 761 g/mol. The van der Waals surface area contributed by atoms with Crippen LogP contribution in [0, 0.1) is 0 Å². The minimum Gasteiger partial charge on any atom is -0.310 e. The van der Waals surface area contributed by atoms with Gasteiger partial charge in [0.25, 0.3) is 0 Å². The summed E-state index contributed by atoms with van der Waals surface area (Å²) in [5.74, 6) is 0. The summed E-state index contributed by atoms with van der Waals surface area (Å²) in [6.07, 6.45) is 0. The molecule has 0 saturated carbocycles. The largest absolute Gasteiger partial charge is 0.310 e. The number of para-hydroxylation sites is 2. The SMILES string of the molecule is [2H]c1c([2H])c([2H])c(N(c2ccc(-c3ccccc3)cc2)c2ccc3c(c2)c2cc(-c4ccc(C5(c6ccccc6)c6ccccc6-c6ccccc65)cc4)ccc2n3-c2ccccc2)c([2H])c1[2H]. The summed E-state index contributed by atoms with van der Waals surface area (Å²) in [6, 6.07) is 76.8. The maximum Gasteiger partial charge on any atom is 0.0713 e. The van der Waals surface area contributed by atoms with Crippen molar-refractivity contribution in [1.82, 2.24) is 4.57 Å². The fraction of sp³-hybridized carbons (Fsp3) is 0.0164. The highest BCUT2D eigenvalue weighted by Crippen LogP contribution is 2.56. The normalized spacial score (nSPS) is 13.7. The van der Waals surface area contributed by atoms with Crippen molar-refractivity contribution < 1.29 is 6.85 Å². The number of fused-ring (bicyclic) bond motifs is 6. The second-order valence-corrected chi connectivity index (χ2v) is 16.1. The zero-order valence-electron chi connectivity index (χ0n) is 39.3. The Bertz CT molecular complexity index is 3640. The number of nitrogens with zero attached hydrogens (tertiary/aromatic N) is 2. The van der Waals surface area contributed by atoms with Crippen molar-refractivity contribution in [2.45, 2.75) is 5.41 Å². The van der Waals surface area contributed by atoms with E-state index in [1.807, 2.05) is 66.7 Å². The number of aromatic nitrogens is 1. The predicted octanol–water partition coefficient (Wildman–Crippen LogP) is 16.0. The van der Waals surface area contributed by atoms with Crippen LogP contribution < -0.4 is 4.90 Å². The van der Waals surface area contributed by atoms with Crippen molar-refractivity contribution in [3.63, 3.8) is 0 Å². The fourth-order valence-electron chi connectivity index (χ4n) is 10.0. The van der Waals surface area contributed by atoms with E-state index < -0.39 is 11.5 Å². The van der Waals surface area contributed by atoms with Gasteiger partial charge in [0.1, 0.15) is 0 Å². The molecule has 0 spiro atoms. The summed E-state index contributed by atoms with van der Waals surface area (Å²) in [5.41, 5.74) is 15.6. The fourth-order valence-corrected chi connectivity index (χ4v) is 10.0. The monoisotopic (exact) mass is 807 g/mol. The first-order valence-corrected chi connectivity index (χ1v) is 21.3. The van der Waals surface area contributed by atoms with Gasteiger partial charge in [0.05, 0.1) is 23.3 Å². The molecule has 296 valence electrons. The first kappa shape index (κ1) is 31.6. The molecule has 0 atom stereocenters. The Kier molecular flexibility index (Phi) is 7.56. The lowest BCUT2D eigenvalue weighted by atomic mass is 9.67. The predicted molar refractivity (Wildman–Crippen MR) is 264 cm³/mol. The number of hydrogen-bond acceptors (Lipinski definition) is 1. The number of benzene rings is 10. The van der Waals surface area contributed by atoms with E-state index in [-0.39, 0.29) is 29.9 Å². The van der Waals surface area contributed by atoms with E-state index in [0.29, 0.717) is 11.4 Å². The van der Waals surface area contributed by atoms with Crippen molar-refractivity contribution in [2.75, 3.05) is 4.90 Å². The van der Waals surface area contributed by atoms with E-state index >= 15 is 0 Å². The van der Waals surface area contributed by atoms with Crippen molar-refractivity contribution in [2.24, 2.45) is 0 Å². The maximum absolute atomic E-state index is 9.16. The van der Waals surface area contributed by atoms with Crippen LogP contribution in [0.25, 0.3) is 60.9 Å². The summed E-state index contributed by atoms with van der Waals surface area (Å²) in [4.78, 5) is 1.80. The van der Waals surface area contributed by atoms with Gasteiger partial charge < -0.3 is 9.47 Å². The molecule has 0 aliphatic heterocycles. The Morgan fingerprint density at radius 1 is 0.365 bits per heavy atom. The summed E-state index contributed by atoms with van der Waals surface area (Å²) >= 11 is 0. The van der Waals surface area contributed by atoms with Gasteiger partial charge in [-0.05, 0) is 122 Å². The molecule has 1 aliphatic carbocycles. The average molecular weight is 808 g/mol. The molecule has 0 saturated heterocycles. The van der Waals surface area contributed by atoms with Crippen LogP contribution in [0.3, 0.4) is 0 Å². The van der Waals surface area contributed by atoms with E-state index in [1.165, 1.54) is 33.4 Å². The molecule has 0 fully saturated rings. The topological polar surface area (TPSA) is 8.17 Å². The van der Waals surface area contributed by atoms with Gasteiger partial charge in [-0.3, -0.25) is 0 Å². The number of hydrogen-bond donors (Lipinski definition) is 0. The number of rotatable bonds is 8. The van der Waals surface area contributed by atoms with Gasteiger partial charge in [0.15, 0.2) is 0 Å². The van der Waals surface area contributed by atoms with Crippen LogP contribution in [0.5, 0.6) is 0 Å². The summed E-state index contributed by atoms with van der Waals surface area (Å²) in [5, 5.41) is 1.98. The average Bonchev–Trinajstić information content (AvgIpc) is 3.89. The van der Waals surface area contributed by atoms with Crippen molar-refractivity contribution in [3.05, 3.63) is 277 Å². The Hall–Kier alpha value is -8.20. The van der Waals surface area contributed by atoms with Crippen LogP contribution in [0.2, 0.25) is 0 Å². The second-order valence-electron chi connectivity index (χ2n) is 16.1. The molecule has 2 heteroatoms. The Morgan fingerprint density at radius 2 is 0.841 bits per heavy atom. The Morgan fingerprint density at radius 3 is 1.51 bits per heavy atom. The summed E-state index contributed by atoms with van der Waals surface area (Å²) in [7, 11) is 0. The Labute approximate surface area is 375 Å². The maximum atomic E-state index is 9.16. The van der Waals surface area contributed by atoms with Gasteiger partial charge in [-0.15, -0.1) is 0 Å². The zero-order valence-corrected chi connectivity index (χ0v) is 34.3. The van der Waals surface area contributed by atoms with Gasteiger partial charge in [0.2, 0.25) is 0 Å². The molecule has 0 radical (unpaired) electrons. The minimum absolute atomic E-state index is 0.0798. The van der Waals surface area contributed by atoms with Crippen molar-refractivity contribution in [3.8, 4) is 39.1 Å². The molecule has 0 unspecified atom stereocenters. The van der Waals surface area contributed by atoms with Crippen molar-refractivity contribution >= 4 is 38.9 Å². The van der Waals surface area contributed by atoms with Crippen LogP contribution in [-0.4, -0.2) is 4.57 Å². The molecule has 63 heavy (non-hydrogen) atoms.